The first-order chi connectivity index (χ1) is 19.0. The van der Waals surface area contributed by atoms with E-state index in [0.717, 1.165) is 47.5 Å². The van der Waals surface area contributed by atoms with E-state index in [4.69, 9.17) is 4.74 Å². The van der Waals surface area contributed by atoms with Gasteiger partial charge in [0.1, 0.15) is 5.75 Å². The summed E-state index contributed by atoms with van der Waals surface area (Å²) in [5.41, 5.74) is 8.86. The number of hydrogen-bond acceptors (Lipinski definition) is 4. The Morgan fingerprint density at radius 3 is 2.69 bits per heavy atom. The smallest absolute Gasteiger partial charge is 0.251 e. The molecular formula is C33H41N3O2S. The van der Waals surface area contributed by atoms with Crippen molar-refractivity contribution in [1.82, 2.24) is 14.2 Å². The Hall–Kier alpha value is -3.12. The van der Waals surface area contributed by atoms with Crippen molar-refractivity contribution in [3.63, 3.8) is 0 Å². The van der Waals surface area contributed by atoms with Crippen LogP contribution in [0.1, 0.15) is 74.5 Å². The first-order valence-corrected chi connectivity index (χ1v) is 15.5. The van der Waals surface area contributed by atoms with Gasteiger partial charge in [-0.05, 0) is 72.2 Å². The average Bonchev–Trinajstić information content (AvgIpc) is 3.18. The number of likely N-dealkylation sites (N-methyl/N-ethyl adjacent to an activating group) is 1. The minimum Gasteiger partial charge on any atom is -0.497 e. The number of nitrogens with one attached hydrogen (secondary N) is 1. The summed E-state index contributed by atoms with van der Waals surface area (Å²) in [5, 5.41) is 1.30. The molecule has 0 unspecified atom stereocenters. The summed E-state index contributed by atoms with van der Waals surface area (Å²) in [7, 11) is 3.63. The Bertz CT molecular complexity index is 1410. The van der Waals surface area contributed by atoms with E-state index < -0.39 is 0 Å². The fraction of sp³-hybridized carbons (Fsp3) is 0.424. The van der Waals surface area contributed by atoms with E-state index in [-0.39, 0.29) is 5.91 Å². The summed E-state index contributed by atoms with van der Waals surface area (Å²) >= 11 is 1.55. The molecule has 206 valence electrons. The van der Waals surface area contributed by atoms with Crippen molar-refractivity contribution in [3.8, 4) is 17.0 Å². The van der Waals surface area contributed by atoms with E-state index in [1.54, 1.807) is 19.1 Å². The molecule has 1 fully saturated rings. The van der Waals surface area contributed by atoms with Gasteiger partial charge < -0.3 is 18.9 Å². The molecule has 6 heteroatoms. The molecule has 3 aromatic rings. The number of unbranched alkanes of at least 4 members (excludes halogenated alkanes) is 1. The highest BCUT2D eigenvalue weighted by atomic mass is 32.2. The van der Waals surface area contributed by atoms with Gasteiger partial charge in [0, 0.05) is 47.6 Å². The molecule has 0 atom stereocenters. The molecule has 1 N–H and O–H groups in total. The number of carbonyl (C=O) groups is 1. The van der Waals surface area contributed by atoms with Crippen LogP contribution in [0.2, 0.25) is 0 Å². The molecule has 1 amide bonds. The van der Waals surface area contributed by atoms with Crippen LogP contribution >= 0.6 is 11.9 Å². The van der Waals surface area contributed by atoms with Crippen LogP contribution in [0.4, 0.5) is 0 Å². The first-order valence-electron chi connectivity index (χ1n) is 14.3. The standard InChI is InChI=1S/C33H41N3O2S/c1-6-7-17-35(3)33(37)26-18-25-19-27(38-4)14-16-28(25)32-31(23-11-9-8-10-12-23)29-15-13-24(22(2)34-39-5)20-30(29)36(32)21-26/h13-16,18-20,23,34H,2,6-12,17,21H2,1,3-5H3. The number of fused-ring (bicyclic) bond motifs is 5. The fourth-order valence-electron chi connectivity index (χ4n) is 6.28. The van der Waals surface area contributed by atoms with Crippen molar-refractivity contribution in [2.24, 2.45) is 0 Å². The molecule has 1 aliphatic heterocycles. The summed E-state index contributed by atoms with van der Waals surface area (Å²) in [5.74, 6) is 1.41. The molecule has 1 aromatic heterocycles. The second-order valence-electron chi connectivity index (χ2n) is 10.9. The quantitative estimate of drug-likeness (QED) is 0.279. The van der Waals surface area contributed by atoms with Gasteiger partial charge in [-0.2, -0.15) is 0 Å². The lowest BCUT2D eigenvalue weighted by Gasteiger charge is -2.24. The van der Waals surface area contributed by atoms with Gasteiger partial charge in [-0.25, -0.2) is 0 Å². The molecule has 2 heterocycles. The summed E-state index contributed by atoms with van der Waals surface area (Å²) in [6.45, 7) is 7.73. The zero-order valence-electron chi connectivity index (χ0n) is 23.8. The molecule has 0 spiro atoms. The summed E-state index contributed by atoms with van der Waals surface area (Å²) in [4.78, 5) is 15.7. The van der Waals surface area contributed by atoms with Gasteiger partial charge in [-0.3, -0.25) is 4.79 Å². The number of nitrogens with zero attached hydrogens (tertiary/aromatic N) is 2. The van der Waals surface area contributed by atoms with Crippen molar-refractivity contribution in [2.45, 2.75) is 64.3 Å². The lowest BCUT2D eigenvalue weighted by Crippen LogP contribution is -2.30. The average molecular weight is 544 g/mol. The second-order valence-corrected chi connectivity index (χ2v) is 11.5. The highest BCUT2D eigenvalue weighted by Gasteiger charge is 2.30. The van der Waals surface area contributed by atoms with Crippen LogP contribution in [0.25, 0.3) is 33.9 Å². The molecule has 1 saturated carbocycles. The summed E-state index contributed by atoms with van der Waals surface area (Å²) < 4.78 is 11.3. The Balaban J connectivity index is 1.76. The number of carbonyl (C=O) groups excluding carboxylic acids is 1. The SMILES string of the molecule is C=C(NSC)c1ccc2c(C3CCCCC3)c3n(c2c1)CC(C(=O)N(C)CCCC)=Cc1cc(OC)ccc1-3. The van der Waals surface area contributed by atoms with Crippen LogP contribution in [0.3, 0.4) is 0 Å². The number of aromatic nitrogens is 1. The van der Waals surface area contributed by atoms with Gasteiger partial charge in [0.05, 0.1) is 19.3 Å². The Labute approximate surface area is 237 Å². The largest absolute Gasteiger partial charge is 0.497 e. The fourth-order valence-corrected chi connectivity index (χ4v) is 6.65. The number of methoxy groups -OCH3 is 1. The van der Waals surface area contributed by atoms with Crippen LogP contribution in [0, 0.1) is 0 Å². The van der Waals surface area contributed by atoms with Gasteiger partial charge >= 0.3 is 0 Å². The third-order valence-corrected chi connectivity index (χ3v) is 8.78. The van der Waals surface area contributed by atoms with Crippen molar-refractivity contribution in [3.05, 3.63) is 65.2 Å². The monoisotopic (exact) mass is 543 g/mol. The number of benzene rings is 2. The lowest BCUT2D eigenvalue weighted by atomic mass is 9.81. The first kappa shape index (κ1) is 27.4. The molecule has 39 heavy (non-hydrogen) atoms. The molecule has 0 bridgehead atoms. The van der Waals surface area contributed by atoms with Gasteiger partial charge in [0.25, 0.3) is 5.91 Å². The molecular weight excluding hydrogens is 502 g/mol. The third-order valence-electron chi connectivity index (χ3n) is 8.33. The predicted molar refractivity (Wildman–Crippen MR) is 166 cm³/mol. The highest BCUT2D eigenvalue weighted by Crippen LogP contribution is 2.47. The van der Waals surface area contributed by atoms with E-state index >= 15 is 0 Å². The lowest BCUT2D eigenvalue weighted by molar-refractivity contribution is -0.126. The zero-order chi connectivity index (χ0) is 27.5. The maximum Gasteiger partial charge on any atom is 0.251 e. The van der Waals surface area contributed by atoms with Crippen LogP contribution in [0.15, 0.2) is 48.6 Å². The van der Waals surface area contributed by atoms with Crippen molar-refractivity contribution >= 4 is 40.5 Å². The topological polar surface area (TPSA) is 46.5 Å². The number of amides is 1. The van der Waals surface area contributed by atoms with Crippen molar-refractivity contribution in [1.29, 1.82) is 0 Å². The Kier molecular flexibility index (Phi) is 8.41. The van der Waals surface area contributed by atoms with E-state index in [1.807, 2.05) is 18.2 Å². The molecule has 5 rings (SSSR count). The van der Waals surface area contributed by atoms with Crippen molar-refractivity contribution in [2.75, 3.05) is 27.0 Å². The van der Waals surface area contributed by atoms with Gasteiger partial charge in [-0.1, -0.05) is 63.3 Å². The zero-order valence-corrected chi connectivity index (χ0v) is 24.6. The minimum absolute atomic E-state index is 0.0933. The molecule has 2 aromatic carbocycles. The number of hydrogen-bond donors (Lipinski definition) is 1. The molecule has 2 aliphatic rings. The summed E-state index contributed by atoms with van der Waals surface area (Å²) in [6.07, 6.45) is 12.4. The maximum absolute atomic E-state index is 13.8. The normalized spacial score (nSPS) is 15.2. The second kappa shape index (κ2) is 12.0. The van der Waals surface area contributed by atoms with E-state index in [2.05, 4.69) is 65.3 Å². The van der Waals surface area contributed by atoms with Crippen LogP contribution in [-0.4, -0.2) is 42.3 Å². The van der Waals surface area contributed by atoms with Gasteiger partial charge in [-0.15, -0.1) is 0 Å². The Morgan fingerprint density at radius 1 is 1.18 bits per heavy atom. The van der Waals surface area contributed by atoms with Gasteiger partial charge in [0.15, 0.2) is 0 Å². The third kappa shape index (κ3) is 5.36. The van der Waals surface area contributed by atoms with Gasteiger partial charge in [0.2, 0.25) is 0 Å². The van der Waals surface area contributed by atoms with E-state index in [0.29, 0.717) is 12.5 Å². The molecule has 0 radical (unpaired) electrons. The minimum atomic E-state index is 0.0933. The predicted octanol–water partition coefficient (Wildman–Crippen LogP) is 7.86. The molecule has 1 aliphatic carbocycles. The number of ether oxygens (including phenoxy) is 1. The van der Waals surface area contributed by atoms with E-state index in [9.17, 15) is 4.79 Å². The van der Waals surface area contributed by atoms with Crippen LogP contribution < -0.4 is 9.46 Å². The van der Waals surface area contributed by atoms with Crippen molar-refractivity contribution < 1.29 is 9.53 Å². The van der Waals surface area contributed by atoms with E-state index in [1.165, 1.54) is 59.8 Å². The van der Waals surface area contributed by atoms with Crippen LogP contribution in [0.5, 0.6) is 5.75 Å². The molecule has 0 saturated heterocycles. The Morgan fingerprint density at radius 2 is 1.97 bits per heavy atom. The summed E-state index contributed by atoms with van der Waals surface area (Å²) in [6, 6.07) is 13.1. The molecule has 5 nitrogen and oxygen atoms in total. The highest BCUT2D eigenvalue weighted by molar-refractivity contribution is 7.97. The maximum atomic E-state index is 13.8. The number of rotatable bonds is 9. The van der Waals surface area contributed by atoms with Crippen LogP contribution in [-0.2, 0) is 11.3 Å².